The molecule has 1 aliphatic rings. The lowest BCUT2D eigenvalue weighted by molar-refractivity contribution is -0.141. The Morgan fingerprint density at radius 1 is 1.00 bits per heavy atom. The summed E-state index contributed by atoms with van der Waals surface area (Å²) < 4.78 is 76.4. The van der Waals surface area contributed by atoms with Gasteiger partial charge in [-0.15, -0.1) is 0 Å². The minimum absolute atomic E-state index is 0.0156. The van der Waals surface area contributed by atoms with E-state index in [1.807, 2.05) is 19.1 Å². The number of aryl methyl sites for hydroxylation is 1. The second kappa shape index (κ2) is 9.05. The summed E-state index contributed by atoms with van der Waals surface area (Å²) in [7, 11) is -4.38. The van der Waals surface area contributed by atoms with Crippen molar-refractivity contribution >= 4 is 15.6 Å². The minimum atomic E-state index is -4.90. The van der Waals surface area contributed by atoms with Gasteiger partial charge in [0.25, 0.3) is 0 Å². The van der Waals surface area contributed by atoms with Crippen molar-refractivity contribution in [1.82, 2.24) is 9.97 Å². The van der Waals surface area contributed by atoms with Crippen molar-refractivity contribution in [1.29, 1.82) is 0 Å². The number of hydrogen-bond acceptors (Lipinski definition) is 7. The second-order valence-corrected chi connectivity index (χ2v) is 9.76. The van der Waals surface area contributed by atoms with Gasteiger partial charge in [0.05, 0.1) is 11.4 Å². The molecule has 2 heterocycles. The molecule has 7 nitrogen and oxygen atoms in total. The van der Waals surface area contributed by atoms with E-state index in [4.69, 9.17) is 9.47 Å². The van der Waals surface area contributed by atoms with Crippen LogP contribution in [0.3, 0.4) is 0 Å². The van der Waals surface area contributed by atoms with Crippen LogP contribution in [0.5, 0.6) is 11.5 Å². The first kappa shape index (κ1) is 23.7. The average Bonchev–Trinajstić information content (AvgIpc) is 3.26. The molecule has 34 heavy (non-hydrogen) atoms. The first-order valence-electron chi connectivity index (χ1n) is 10.2. The molecule has 0 aliphatic carbocycles. The molecule has 1 aromatic heterocycles. The third-order valence-corrected chi connectivity index (χ3v) is 6.59. The first-order valence-corrected chi connectivity index (χ1v) is 11.8. The number of rotatable bonds is 7. The van der Waals surface area contributed by atoms with Crippen LogP contribution in [0.15, 0.2) is 53.7 Å². The van der Waals surface area contributed by atoms with Gasteiger partial charge in [-0.25, -0.2) is 18.4 Å². The maximum Gasteiger partial charge on any atom is 0.433 e. The zero-order valence-electron chi connectivity index (χ0n) is 17.9. The zero-order chi connectivity index (χ0) is 24.5. The number of fused-ring (bicyclic) bond motifs is 1. The number of benzene rings is 2. The number of carbonyl (C=O) groups is 1. The van der Waals surface area contributed by atoms with E-state index < -0.39 is 32.6 Å². The highest BCUT2D eigenvalue weighted by Crippen LogP contribution is 2.37. The van der Waals surface area contributed by atoms with Gasteiger partial charge in [0.2, 0.25) is 21.8 Å². The number of ketones is 1. The number of aromatic nitrogens is 2. The largest absolute Gasteiger partial charge is 0.454 e. The summed E-state index contributed by atoms with van der Waals surface area (Å²) in [6.45, 7) is 1.86. The summed E-state index contributed by atoms with van der Waals surface area (Å²) in [6, 6.07) is 12.2. The van der Waals surface area contributed by atoms with E-state index in [-0.39, 0.29) is 36.7 Å². The highest BCUT2D eigenvalue weighted by atomic mass is 32.2. The maximum absolute atomic E-state index is 13.5. The summed E-state index contributed by atoms with van der Waals surface area (Å²) in [5, 5.41) is -0.988. The van der Waals surface area contributed by atoms with Crippen LogP contribution in [0.1, 0.15) is 23.2 Å². The molecule has 0 atom stereocenters. The van der Waals surface area contributed by atoms with Crippen molar-refractivity contribution in [3.63, 3.8) is 0 Å². The Bertz CT molecular complexity index is 1340. The molecular weight excluding hydrogens is 473 g/mol. The summed E-state index contributed by atoms with van der Waals surface area (Å²) in [5.41, 5.74) is 0.279. The number of ether oxygens (including phenoxy) is 2. The van der Waals surface area contributed by atoms with Gasteiger partial charge < -0.3 is 9.47 Å². The van der Waals surface area contributed by atoms with Crippen molar-refractivity contribution in [2.24, 2.45) is 0 Å². The van der Waals surface area contributed by atoms with Crippen molar-refractivity contribution in [3.8, 4) is 22.8 Å². The Labute approximate surface area is 193 Å². The molecule has 3 aromatic rings. The summed E-state index contributed by atoms with van der Waals surface area (Å²) in [5.74, 6) is -0.362. The Balaban J connectivity index is 1.59. The van der Waals surface area contributed by atoms with E-state index in [0.29, 0.717) is 23.1 Å². The van der Waals surface area contributed by atoms with Gasteiger partial charge in [-0.05, 0) is 36.8 Å². The molecule has 11 heteroatoms. The predicted octanol–water partition coefficient (Wildman–Crippen LogP) is 4.18. The molecule has 178 valence electrons. The summed E-state index contributed by atoms with van der Waals surface area (Å²) >= 11 is 0. The van der Waals surface area contributed by atoms with E-state index >= 15 is 0 Å². The highest BCUT2D eigenvalue weighted by Gasteiger charge is 2.35. The number of alkyl halides is 3. The molecule has 0 bridgehead atoms. The number of halogens is 3. The fourth-order valence-electron chi connectivity index (χ4n) is 3.27. The fraction of sp³-hybridized carbons (Fsp3) is 0.261. The van der Waals surface area contributed by atoms with E-state index in [1.54, 1.807) is 12.1 Å². The van der Waals surface area contributed by atoms with Gasteiger partial charge in [-0.3, -0.25) is 4.79 Å². The van der Waals surface area contributed by atoms with E-state index in [0.717, 1.165) is 5.56 Å². The number of nitrogens with zero attached hydrogens (tertiary/aromatic N) is 2. The van der Waals surface area contributed by atoms with Crippen molar-refractivity contribution in [2.75, 3.05) is 12.5 Å². The lowest BCUT2D eigenvalue weighted by atomic mass is 10.1. The standard InChI is InChI=1S/C23H19F3N2O5S/c1-14-2-4-15(5-3-14)10-17(29)8-9-34(30,31)22-27-18(12-21(28-22)23(24,25)26)16-6-7-19-20(11-16)33-13-32-19/h2-7,11-12H,8-10,13H2,1H3. The number of sulfone groups is 1. The van der Waals surface area contributed by atoms with Crippen LogP contribution in [0.25, 0.3) is 11.3 Å². The average molecular weight is 492 g/mol. The highest BCUT2D eigenvalue weighted by molar-refractivity contribution is 7.91. The minimum Gasteiger partial charge on any atom is -0.454 e. The first-order chi connectivity index (χ1) is 16.0. The van der Waals surface area contributed by atoms with Crippen LogP contribution in [0, 0.1) is 6.92 Å². The predicted molar refractivity (Wildman–Crippen MR) is 115 cm³/mol. The van der Waals surface area contributed by atoms with Crippen LogP contribution in [0.2, 0.25) is 0 Å². The smallest absolute Gasteiger partial charge is 0.433 e. The van der Waals surface area contributed by atoms with Crippen LogP contribution in [0.4, 0.5) is 13.2 Å². The zero-order valence-corrected chi connectivity index (χ0v) is 18.7. The van der Waals surface area contributed by atoms with Crippen LogP contribution in [-0.4, -0.2) is 36.7 Å². The molecule has 0 saturated heterocycles. The van der Waals surface area contributed by atoms with Crippen LogP contribution < -0.4 is 9.47 Å². The topological polar surface area (TPSA) is 95.5 Å². The van der Waals surface area contributed by atoms with Gasteiger partial charge in [0.1, 0.15) is 11.5 Å². The van der Waals surface area contributed by atoms with Gasteiger partial charge in [-0.1, -0.05) is 29.8 Å². The molecule has 2 aromatic carbocycles. The maximum atomic E-state index is 13.5. The third kappa shape index (κ3) is 5.36. The molecule has 1 aliphatic heterocycles. The molecule has 0 saturated carbocycles. The molecule has 0 fully saturated rings. The van der Waals surface area contributed by atoms with Gasteiger partial charge in [-0.2, -0.15) is 13.2 Å². The molecule has 0 radical (unpaired) electrons. The van der Waals surface area contributed by atoms with E-state index in [9.17, 15) is 26.4 Å². The molecule has 0 unspecified atom stereocenters. The molecular formula is C23H19F3N2O5S. The summed E-state index contributed by atoms with van der Waals surface area (Å²) in [4.78, 5) is 19.4. The van der Waals surface area contributed by atoms with Crippen LogP contribution >= 0.6 is 0 Å². The lowest BCUT2D eigenvalue weighted by Gasteiger charge is -2.11. The fourth-order valence-corrected chi connectivity index (χ4v) is 4.43. The van der Waals surface area contributed by atoms with E-state index in [1.165, 1.54) is 18.2 Å². The second-order valence-electron chi connectivity index (χ2n) is 7.76. The summed E-state index contributed by atoms with van der Waals surface area (Å²) in [6.07, 6.45) is -5.27. The number of carbonyl (C=O) groups excluding carboxylic acids is 1. The number of Topliss-reactive ketones (excluding diaryl/α,β-unsaturated/α-hetero) is 1. The molecule has 0 spiro atoms. The third-order valence-electron chi connectivity index (χ3n) is 5.11. The van der Waals surface area contributed by atoms with Crippen molar-refractivity contribution in [2.45, 2.75) is 31.1 Å². The normalized spacial score (nSPS) is 13.2. The van der Waals surface area contributed by atoms with Crippen molar-refractivity contribution < 1.29 is 35.9 Å². The van der Waals surface area contributed by atoms with E-state index in [2.05, 4.69) is 9.97 Å². The van der Waals surface area contributed by atoms with Gasteiger partial charge in [0.15, 0.2) is 11.5 Å². The quantitative estimate of drug-likeness (QED) is 0.457. The van der Waals surface area contributed by atoms with Crippen LogP contribution in [-0.2, 0) is 27.2 Å². The Morgan fingerprint density at radius 2 is 1.71 bits per heavy atom. The lowest BCUT2D eigenvalue weighted by Crippen LogP contribution is -2.18. The Kier molecular flexibility index (Phi) is 6.30. The Morgan fingerprint density at radius 3 is 2.41 bits per heavy atom. The Hall–Kier alpha value is -3.47. The SMILES string of the molecule is Cc1ccc(CC(=O)CCS(=O)(=O)c2nc(-c3ccc4c(c3)OCO4)cc(C(F)(F)F)n2)cc1. The monoisotopic (exact) mass is 492 g/mol. The molecule has 4 rings (SSSR count). The van der Waals surface area contributed by atoms with Gasteiger partial charge in [0, 0.05) is 18.4 Å². The van der Waals surface area contributed by atoms with Gasteiger partial charge >= 0.3 is 6.18 Å². The van der Waals surface area contributed by atoms with Crippen molar-refractivity contribution in [3.05, 3.63) is 65.4 Å². The number of hydrogen-bond donors (Lipinski definition) is 0. The molecule has 0 amide bonds. The molecule has 0 N–H and O–H groups in total.